The van der Waals surface area contributed by atoms with E-state index in [1.165, 1.54) is 17.5 Å². The van der Waals surface area contributed by atoms with Gasteiger partial charge in [0.2, 0.25) is 5.91 Å². The monoisotopic (exact) mass is 287 g/mol. The van der Waals surface area contributed by atoms with Crippen molar-refractivity contribution < 1.29 is 4.79 Å². The molecular formula is C15H17N3OS. The van der Waals surface area contributed by atoms with Gasteiger partial charge in [-0.2, -0.15) is 0 Å². The number of benzene rings is 2. The van der Waals surface area contributed by atoms with Crippen LogP contribution in [0.1, 0.15) is 5.56 Å². The van der Waals surface area contributed by atoms with Crippen molar-refractivity contribution in [1.29, 1.82) is 0 Å². The van der Waals surface area contributed by atoms with Crippen molar-refractivity contribution in [2.24, 2.45) is 5.14 Å². The normalized spacial score (nSPS) is 10.1. The van der Waals surface area contributed by atoms with Gasteiger partial charge in [0.15, 0.2) is 0 Å². The van der Waals surface area contributed by atoms with E-state index in [2.05, 4.69) is 10.6 Å². The Kier molecular flexibility index (Phi) is 5.03. The molecule has 20 heavy (non-hydrogen) atoms. The van der Waals surface area contributed by atoms with Gasteiger partial charge in [0, 0.05) is 16.3 Å². The maximum absolute atomic E-state index is 11.8. The molecule has 5 heteroatoms. The van der Waals surface area contributed by atoms with E-state index in [4.69, 9.17) is 5.14 Å². The summed E-state index contributed by atoms with van der Waals surface area (Å²) >= 11 is 1.18. The van der Waals surface area contributed by atoms with Crippen molar-refractivity contribution >= 4 is 29.2 Å². The van der Waals surface area contributed by atoms with Gasteiger partial charge in [-0.1, -0.05) is 17.7 Å². The predicted octanol–water partition coefficient (Wildman–Crippen LogP) is 3.01. The van der Waals surface area contributed by atoms with E-state index in [9.17, 15) is 4.79 Å². The molecule has 1 amide bonds. The standard InChI is InChI=1S/C15H17N3OS/c1-11-2-4-12(5-3-11)17-10-15(19)18-13-6-8-14(20-16)9-7-13/h2-9,17H,10,16H2,1H3,(H,18,19). The van der Waals surface area contributed by atoms with E-state index in [-0.39, 0.29) is 12.5 Å². The van der Waals surface area contributed by atoms with E-state index in [0.717, 1.165) is 16.3 Å². The zero-order chi connectivity index (χ0) is 14.4. The lowest BCUT2D eigenvalue weighted by molar-refractivity contribution is -0.114. The number of aryl methyl sites for hydroxylation is 1. The van der Waals surface area contributed by atoms with Crippen molar-refractivity contribution in [1.82, 2.24) is 0 Å². The SMILES string of the molecule is Cc1ccc(NCC(=O)Nc2ccc(SN)cc2)cc1. The second-order valence-electron chi connectivity index (χ2n) is 4.41. The minimum Gasteiger partial charge on any atom is -0.376 e. The first-order chi connectivity index (χ1) is 9.67. The minimum absolute atomic E-state index is 0.0845. The fourth-order valence-electron chi connectivity index (χ4n) is 1.68. The summed E-state index contributed by atoms with van der Waals surface area (Å²) in [5.74, 6) is -0.0845. The topological polar surface area (TPSA) is 67.2 Å². The minimum atomic E-state index is -0.0845. The third-order valence-corrected chi connectivity index (χ3v) is 3.32. The molecule has 4 N–H and O–H groups in total. The van der Waals surface area contributed by atoms with Crippen LogP contribution in [0.15, 0.2) is 53.4 Å². The number of carbonyl (C=O) groups excluding carboxylic acids is 1. The highest BCUT2D eigenvalue weighted by molar-refractivity contribution is 7.97. The summed E-state index contributed by atoms with van der Waals surface area (Å²) in [5, 5.41) is 11.3. The molecule has 0 aliphatic carbocycles. The first kappa shape index (κ1) is 14.4. The van der Waals surface area contributed by atoms with Crippen LogP contribution in [0.25, 0.3) is 0 Å². The molecule has 104 valence electrons. The van der Waals surface area contributed by atoms with Crippen LogP contribution in [0.2, 0.25) is 0 Å². The zero-order valence-corrected chi connectivity index (χ0v) is 12.0. The van der Waals surface area contributed by atoms with E-state index >= 15 is 0 Å². The van der Waals surface area contributed by atoms with Crippen LogP contribution >= 0.6 is 11.9 Å². The lowest BCUT2D eigenvalue weighted by Crippen LogP contribution is -2.21. The average Bonchev–Trinajstić information content (AvgIpc) is 2.47. The van der Waals surface area contributed by atoms with Gasteiger partial charge in [-0.25, -0.2) is 0 Å². The Morgan fingerprint density at radius 3 is 2.25 bits per heavy atom. The molecule has 0 aromatic heterocycles. The summed E-state index contributed by atoms with van der Waals surface area (Å²) in [4.78, 5) is 12.8. The molecule has 4 nitrogen and oxygen atoms in total. The highest BCUT2D eigenvalue weighted by Crippen LogP contribution is 2.15. The van der Waals surface area contributed by atoms with Crippen molar-refractivity contribution in [3.63, 3.8) is 0 Å². The summed E-state index contributed by atoms with van der Waals surface area (Å²) in [7, 11) is 0. The lowest BCUT2D eigenvalue weighted by Gasteiger charge is -2.08. The number of rotatable bonds is 5. The van der Waals surface area contributed by atoms with Gasteiger partial charge < -0.3 is 10.6 Å². The summed E-state index contributed by atoms with van der Waals surface area (Å²) in [5.41, 5.74) is 2.89. The molecule has 0 unspecified atom stereocenters. The lowest BCUT2D eigenvalue weighted by atomic mass is 10.2. The van der Waals surface area contributed by atoms with Crippen LogP contribution in [0.3, 0.4) is 0 Å². The van der Waals surface area contributed by atoms with Crippen LogP contribution in [0.5, 0.6) is 0 Å². The fraction of sp³-hybridized carbons (Fsp3) is 0.133. The van der Waals surface area contributed by atoms with Crippen LogP contribution in [0, 0.1) is 6.92 Å². The maximum atomic E-state index is 11.8. The third kappa shape index (κ3) is 4.29. The molecule has 0 heterocycles. The summed E-state index contributed by atoms with van der Waals surface area (Å²) in [6.45, 7) is 2.26. The Hall–Kier alpha value is -1.98. The Balaban J connectivity index is 1.84. The van der Waals surface area contributed by atoms with Crippen molar-refractivity contribution in [2.45, 2.75) is 11.8 Å². The average molecular weight is 287 g/mol. The molecule has 0 radical (unpaired) electrons. The van der Waals surface area contributed by atoms with Gasteiger partial charge in [-0.3, -0.25) is 9.93 Å². The Labute approximate surface area is 122 Å². The summed E-state index contributed by atoms with van der Waals surface area (Å²) in [6, 6.07) is 15.3. The second kappa shape index (κ2) is 6.98. The number of hydrogen-bond acceptors (Lipinski definition) is 4. The molecule has 0 spiro atoms. The number of nitrogens with one attached hydrogen (secondary N) is 2. The van der Waals surface area contributed by atoms with E-state index in [1.807, 2.05) is 55.5 Å². The van der Waals surface area contributed by atoms with Gasteiger partial charge in [0.05, 0.1) is 6.54 Å². The maximum Gasteiger partial charge on any atom is 0.243 e. The smallest absolute Gasteiger partial charge is 0.243 e. The number of nitrogens with two attached hydrogens (primary N) is 1. The molecule has 0 bridgehead atoms. The summed E-state index contributed by atoms with van der Waals surface area (Å²) < 4.78 is 0. The van der Waals surface area contributed by atoms with Crippen molar-refractivity contribution in [3.05, 3.63) is 54.1 Å². The Morgan fingerprint density at radius 1 is 1.05 bits per heavy atom. The Bertz CT molecular complexity index is 567. The molecular weight excluding hydrogens is 270 g/mol. The fourth-order valence-corrected chi connectivity index (χ4v) is 1.97. The van der Waals surface area contributed by atoms with E-state index in [0.29, 0.717) is 0 Å². The highest BCUT2D eigenvalue weighted by atomic mass is 32.2. The van der Waals surface area contributed by atoms with Crippen molar-refractivity contribution in [3.8, 4) is 0 Å². The quantitative estimate of drug-likeness (QED) is 0.740. The molecule has 0 fully saturated rings. The molecule has 2 aromatic rings. The van der Waals surface area contributed by atoms with E-state index < -0.39 is 0 Å². The number of carbonyl (C=O) groups is 1. The molecule has 2 aromatic carbocycles. The first-order valence-corrected chi connectivity index (χ1v) is 7.12. The molecule has 2 rings (SSSR count). The van der Waals surface area contributed by atoms with Crippen molar-refractivity contribution in [2.75, 3.05) is 17.2 Å². The van der Waals surface area contributed by atoms with Gasteiger partial charge in [-0.15, -0.1) is 0 Å². The number of amides is 1. The van der Waals surface area contributed by atoms with Gasteiger partial charge in [0.25, 0.3) is 0 Å². The summed E-state index contributed by atoms with van der Waals surface area (Å²) in [6.07, 6.45) is 0. The molecule has 0 aliphatic rings. The molecule has 0 saturated heterocycles. The molecule has 0 aliphatic heterocycles. The highest BCUT2D eigenvalue weighted by Gasteiger charge is 2.02. The predicted molar refractivity (Wildman–Crippen MR) is 84.8 cm³/mol. The largest absolute Gasteiger partial charge is 0.376 e. The van der Waals surface area contributed by atoms with E-state index in [1.54, 1.807) is 0 Å². The molecule has 0 saturated carbocycles. The van der Waals surface area contributed by atoms with Crippen LogP contribution in [-0.2, 0) is 4.79 Å². The third-order valence-electron chi connectivity index (χ3n) is 2.78. The molecule has 0 atom stereocenters. The second-order valence-corrected chi connectivity index (χ2v) is 5.12. The number of anilines is 2. The first-order valence-electron chi connectivity index (χ1n) is 6.24. The van der Waals surface area contributed by atoms with Crippen LogP contribution in [0.4, 0.5) is 11.4 Å². The van der Waals surface area contributed by atoms with Crippen LogP contribution in [-0.4, -0.2) is 12.5 Å². The van der Waals surface area contributed by atoms with Gasteiger partial charge >= 0.3 is 0 Å². The van der Waals surface area contributed by atoms with Gasteiger partial charge in [0.1, 0.15) is 0 Å². The Morgan fingerprint density at radius 2 is 1.65 bits per heavy atom. The van der Waals surface area contributed by atoms with Gasteiger partial charge in [-0.05, 0) is 55.3 Å². The van der Waals surface area contributed by atoms with Crippen LogP contribution < -0.4 is 15.8 Å². The number of hydrogen-bond donors (Lipinski definition) is 3. The zero-order valence-electron chi connectivity index (χ0n) is 11.2.